The van der Waals surface area contributed by atoms with Crippen molar-refractivity contribution < 1.29 is 23.8 Å². The predicted molar refractivity (Wildman–Crippen MR) is 210 cm³/mol. The normalized spacial score (nSPS) is 13.5. The number of ether oxygens (including phenoxy) is 3. The lowest BCUT2D eigenvalue weighted by atomic mass is 9.99. The van der Waals surface area contributed by atoms with Gasteiger partial charge >= 0.3 is 6.09 Å². The summed E-state index contributed by atoms with van der Waals surface area (Å²) in [4.78, 5) is 43.0. The Labute approximate surface area is 324 Å². The second kappa shape index (κ2) is 16.0. The number of likely N-dealkylation sites (tertiary alicyclic amines) is 1. The van der Waals surface area contributed by atoms with Crippen LogP contribution in [-0.4, -0.2) is 84.8 Å². The minimum absolute atomic E-state index is 0.0248. The number of carbonyl (C=O) groups excluding carboxylic acids is 2. The fourth-order valence-corrected chi connectivity index (χ4v) is 7.14. The van der Waals surface area contributed by atoms with E-state index in [1.165, 1.54) is 0 Å². The van der Waals surface area contributed by atoms with E-state index in [1.54, 1.807) is 46.8 Å². The Hall–Kier alpha value is -5.20. The molecule has 5 heterocycles. The lowest BCUT2D eigenvalue weighted by Crippen LogP contribution is -2.49. The van der Waals surface area contributed by atoms with Gasteiger partial charge in [0.05, 0.1) is 41.7 Å². The van der Waals surface area contributed by atoms with Gasteiger partial charge in [-0.15, -0.1) is 5.10 Å². The van der Waals surface area contributed by atoms with Crippen LogP contribution in [0.25, 0.3) is 45.4 Å². The van der Waals surface area contributed by atoms with Crippen molar-refractivity contribution in [2.75, 3.05) is 26.8 Å². The Balaban J connectivity index is 1.33. The largest absolute Gasteiger partial charge is 0.490 e. The number of fused-ring (bicyclic) bond motifs is 1. The van der Waals surface area contributed by atoms with Gasteiger partial charge in [-0.25, -0.2) is 19.3 Å². The average Bonchev–Trinajstić information content (AvgIpc) is 3.57. The summed E-state index contributed by atoms with van der Waals surface area (Å²) in [6.07, 6.45) is 5.88. The number of amides is 2. The molecule has 0 aliphatic carbocycles. The molecule has 2 amide bonds. The first-order valence-electron chi connectivity index (χ1n) is 17.7. The van der Waals surface area contributed by atoms with Crippen LogP contribution in [0.4, 0.5) is 4.79 Å². The van der Waals surface area contributed by atoms with Crippen molar-refractivity contribution in [1.29, 1.82) is 0 Å². The molecule has 54 heavy (non-hydrogen) atoms. The van der Waals surface area contributed by atoms with Crippen molar-refractivity contribution in [2.45, 2.75) is 65.6 Å². The van der Waals surface area contributed by atoms with Crippen LogP contribution in [0, 0.1) is 0 Å². The van der Waals surface area contributed by atoms with E-state index in [1.807, 2.05) is 70.2 Å². The van der Waals surface area contributed by atoms with Crippen molar-refractivity contribution in [2.24, 2.45) is 0 Å². The van der Waals surface area contributed by atoms with E-state index in [-0.39, 0.29) is 18.5 Å². The fourth-order valence-electron chi connectivity index (χ4n) is 6.50. The third kappa shape index (κ3) is 8.14. The molecule has 14 heteroatoms. The number of aromatic nitrogens is 5. The maximum absolute atomic E-state index is 13.6. The molecule has 0 radical (unpaired) electrons. The maximum atomic E-state index is 13.6. The average molecular weight is 773 g/mol. The van der Waals surface area contributed by atoms with Crippen molar-refractivity contribution in [3.8, 4) is 45.3 Å². The molecule has 282 valence electrons. The first kappa shape index (κ1) is 38.5. The number of piperidine rings is 1. The van der Waals surface area contributed by atoms with Crippen LogP contribution >= 0.6 is 23.2 Å². The highest BCUT2D eigenvalue weighted by atomic mass is 35.5. The van der Waals surface area contributed by atoms with Crippen molar-refractivity contribution in [1.82, 2.24) is 34.4 Å². The van der Waals surface area contributed by atoms with Crippen LogP contribution in [0.15, 0.2) is 61.4 Å². The SMILES string of the molecule is C=Cc1nc2c(OCC)cc(-c3nccc(-c4cccc(-c5ccc(CN(C(=O)OC(C)(C)C)C6CCN(C(C)=O)CC6)c(OC)n5)c4Cl)c3Cl)cn2n1. The number of hydrogen-bond donors (Lipinski definition) is 0. The summed E-state index contributed by atoms with van der Waals surface area (Å²) >= 11 is 14.3. The Bertz CT molecular complexity index is 2210. The molecule has 0 unspecified atom stereocenters. The molecule has 0 N–H and O–H groups in total. The van der Waals surface area contributed by atoms with E-state index in [0.717, 1.165) is 0 Å². The number of hydrogen-bond acceptors (Lipinski definition) is 9. The Morgan fingerprint density at radius 2 is 1.76 bits per heavy atom. The van der Waals surface area contributed by atoms with Crippen LogP contribution in [0.3, 0.4) is 0 Å². The van der Waals surface area contributed by atoms with Crippen LogP contribution in [-0.2, 0) is 16.1 Å². The molecular weight excluding hydrogens is 729 g/mol. The number of pyridine rings is 3. The van der Waals surface area contributed by atoms with E-state index in [2.05, 4.69) is 21.6 Å². The van der Waals surface area contributed by atoms with E-state index in [0.29, 0.717) is 105 Å². The number of rotatable bonds is 10. The number of nitrogens with zero attached hydrogens (tertiary/aromatic N) is 7. The number of methoxy groups -OCH3 is 1. The smallest absolute Gasteiger partial charge is 0.410 e. The monoisotopic (exact) mass is 771 g/mol. The Morgan fingerprint density at radius 1 is 1.04 bits per heavy atom. The third-order valence-electron chi connectivity index (χ3n) is 9.08. The predicted octanol–water partition coefficient (Wildman–Crippen LogP) is 8.63. The van der Waals surface area contributed by atoms with Gasteiger partial charge in [-0.2, -0.15) is 0 Å². The molecule has 0 spiro atoms. The molecule has 0 bridgehead atoms. The standard InChI is InChI=1S/C40H43Cl2N7O5/c1-8-33-45-37-32(53-9-2)21-26(23-49(37)46-33)36-35(42)29(15-18-43-36)28-11-10-12-30(34(28)41)31-14-13-25(38(44-31)52-7)22-48(39(51)54-40(4,5)6)27-16-19-47(20-17-27)24(3)50/h8,10-15,18,21,23,27H,1,9,16-17,19-20,22H2,2-7H3. The van der Waals surface area contributed by atoms with Crippen LogP contribution in [0.2, 0.25) is 10.0 Å². The number of benzene rings is 1. The van der Waals surface area contributed by atoms with Gasteiger partial charge in [0.1, 0.15) is 5.60 Å². The summed E-state index contributed by atoms with van der Waals surface area (Å²) in [6.45, 7) is 14.5. The van der Waals surface area contributed by atoms with Crippen molar-refractivity contribution in [3.05, 3.63) is 82.9 Å². The molecule has 5 aromatic rings. The van der Waals surface area contributed by atoms with Gasteiger partial charge < -0.3 is 24.0 Å². The van der Waals surface area contributed by atoms with E-state index >= 15 is 0 Å². The highest BCUT2D eigenvalue weighted by molar-refractivity contribution is 6.39. The van der Waals surface area contributed by atoms with Crippen LogP contribution < -0.4 is 9.47 Å². The first-order chi connectivity index (χ1) is 25.8. The van der Waals surface area contributed by atoms with Gasteiger partial charge in [0.2, 0.25) is 11.8 Å². The topological polar surface area (TPSA) is 124 Å². The molecule has 0 atom stereocenters. The highest BCUT2D eigenvalue weighted by Gasteiger charge is 2.33. The summed E-state index contributed by atoms with van der Waals surface area (Å²) in [6, 6.07) is 12.9. The minimum Gasteiger partial charge on any atom is -0.490 e. The summed E-state index contributed by atoms with van der Waals surface area (Å²) in [5.74, 6) is 1.38. The molecule has 0 saturated carbocycles. The summed E-state index contributed by atoms with van der Waals surface area (Å²) in [5.41, 5.74) is 4.35. The van der Waals surface area contributed by atoms with Crippen molar-refractivity contribution >= 4 is 46.9 Å². The van der Waals surface area contributed by atoms with Crippen LogP contribution in [0.1, 0.15) is 58.8 Å². The molecule has 12 nitrogen and oxygen atoms in total. The second-order valence-electron chi connectivity index (χ2n) is 13.9. The zero-order valence-corrected chi connectivity index (χ0v) is 32.7. The third-order valence-corrected chi connectivity index (χ3v) is 9.87. The lowest BCUT2D eigenvalue weighted by molar-refractivity contribution is -0.130. The summed E-state index contributed by atoms with van der Waals surface area (Å²) < 4.78 is 19.1. The summed E-state index contributed by atoms with van der Waals surface area (Å²) in [5, 5.41) is 5.30. The van der Waals surface area contributed by atoms with E-state index in [9.17, 15) is 9.59 Å². The number of halogens is 2. The zero-order valence-electron chi connectivity index (χ0n) is 31.2. The molecule has 1 saturated heterocycles. The Morgan fingerprint density at radius 3 is 2.43 bits per heavy atom. The maximum Gasteiger partial charge on any atom is 0.410 e. The van der Waals surface area contributed by atoms with Gasteiger partial charge in [0.15, 0.2) is 17.2 Å². The molecule has 1 aliphatic rings. The van der Waals surface area contributed by atoms with Gasteiger partial charge in [-0.05, 0) is 70.9 Å². The molecule has 6 rings (SSSR count). The fraction of sp³-hybridized carbons (Fsp3) is 0.350. The van der Waals surface area contributed by atoms with Gasteiger partial charge in [0, 0.05) is 66.3 Å². The van der Waals surface area contributed by atoms with Gasteiger partial charge in [0.25, 0.3) is 0 Å². The van der Waals surface area contributed by atoms with Gasteiger partial charge in [-0.1, -0.05) is 48.0 Å². The summed E-state index contributed by atoms with van der Waals surface area (Å²) in [7, 11) is 1.54. The lowest BCUT2D eigenvalue weighted by Gasteiger charge is -2.39. The van der Waals surface area contributed by atoms with Gasteiger partial charge in [-0.3, -0.25) is 9.78 Å². The molecular formula is C40H43Cl2N7O5. The zero-order chi connectivity index (χ0) is 38.7. The molecule has 4 aromatic heterocycles. The quantitative estimate of drug-likeness (QED) is 0.137. The van der Waals surface area contributed by atoms with E-state index in [4.69, 9.17) is 42.4 Å². The first-order valence-corrected chi connectivity index (χ1v) is 18.5. The van der Waals surface area contributed by atoms with E-state index < -0.39 is 11.7 Å². The minimum atomic E-state index is -0.686. The molecule has 1 aromatic carbocycles. The number of carbonyl (C=O) groups is 2. The Kier molecular flexibility index (Phi) is 11.4. The second-order valence-corrected chi connectivity index (χ2v) is 14.6. The molecule has 1 aliphatic heterocycles. The van der Waals surface area contributed by atoms with Crippen LogP contribution in [0.5, 0.6) is 11.6 Å². The highest BCUT2D eigenvalue weighted by Crippen LogP contribution is 2.42. The molecule has 1 fully saturated rings. The van der Waals surface area contributed by atoms with Crippen molar-refractivity contribution in [3.63, 3.8) is 0 Å².